The minimum atomic E-state index is -3.71. The quantitative estimate of drug-likeness (QED) is 0.497. The fraction of sp³-hybridized carbons (Fsp3) is 0.250. The van der Waals surface area contributed by atoms with Crippen LogP contribution in [-0.4, -0.2) is 61.7 Å². The molecule has 4 rings (SSSR count). The molecular formula is C20H21N5O6S2. The smallest absolute Gasteiger partial charge is 0.290 e. The number of nitrogens with one attached hydrogen (secondary N) is 2. The highest BCUT2D eigenvalue weighted by molar-refractivity contribution is 7.90. The number of hydrogen-bond donors (Lipinski definition) is 2. The maximum absolute atomic E-state index is 12.6. The highest BCUT2D eigenvalue weighted by Gasteiger charge is 2.27. The highest BCUT2D eigenvalue weighted by atomic mass is 32.2. The number of rotatable bonds is 5. The van der Waals surface area contributed by atoms with Gasteiger partial charge >= 0.3 is 0 Å². The van der Waals surface area contributed by atoms with Crippen LogP contribution < -0.4 is 10.9 Å². The second-order valence-electron chi connectivity index (χ2n) is 7.51. The second-order valence-corrected chi connectivity index (χ2v) is 11.4. The van der Waals surface area contributed by atoms with Crippen molar-refractivity contribution in [3.63, 3.8) is 0 Å². The first kappa shape index (κ1) is 22.9. The lowest BCUT2D eigenvalue weighted by Gasteiger charge is -2.15. The summed E-state index contributed by atoms with van der Waals surface area (Å²) in [6.45, 7) is 0.945. The molecule has 1 aliphatic rings. The number of imidazole rings is 1. The molecule has 13 heteroatoms. The number of benzene rings is 1. The summed E-state index contributed by atoms with van der Waals surface area (Å²) in [5, 5.41) is -0.302. The van der Waals surface area contributed by atoms with Gasteiger partial charge in [-0.3, -0.25) is 24.8 Å². The Morgan fingerprint density at radius 3 is 2.18 bits per heavy atom. The van der Waals surface area contributed by atoms with Crippen LogP contribution in [0.2, 0.25) is 0 Å². The lowest BCUT2D eigenvalue weighted by atomic mass is 10.2. The van der Waals surface area contributed by atoms with E-state index < -0.39 is 31.7 Å². The number of amides is 2. The molecule has 2 aromatic heterocycles. The molecule has 0 radical (unpaired) electrons. The summed E-state index contributed by atoms with van der Waals surface area (Å²) in [6, 6.07) is 10.1. The minimum absolute atomic E-state index is 0.0859. The molecule has 1 saturated heterocycles. The van der Waals surface area contributed by atoms with Gasteiger partial charge in [0.1, 0.15) is 0 Å². The average Bonchev–Trinajstić information content (AvgIpc) is 3.46. The molecule has 11 nitrogen and oxygen atoms in total. The number of hydrazine groups is 1. The van der Waals surface area contributed by atoms with Crippen molar-refractivity contribution in [2.24, 2.45) is 0 Å². The zero-order chi connectivity index (χ0) is 23.8. The van der Waals surface area contributed by atoms with E-state index >= 15 is 0 Å². The zero-order valence-electron chi connectivity index (χ0n) is 17.6. The summed E-state index contributed by atoms with van der Waals surface area (Å²) in [5.74, 6) is -1.49. The number of nitrogens with zero attached hydrogens (tertiary/aromatic N) is 3. The van der Waals surface area contributed by atoms with Gasteiger partial charge in [0.15, 0.2) is 5.69 Å². The van der Waals surface area contributed by atoms with Crippen molar-refractivity contribution in [2.45, 2.75) is 22.9 Å². The lowest BCUT2D eigenvalue weighted by Crippen LogP contribution is -2.41. The van der Waals surface area contributed by atoms with E-state index in [1.54, 1.807) is 12.1 Å². The fourth-order valence-corrected chi connectivity index (χ4v) is 5.83. The molecule has 0 spiro atoms. The standard InChI is InChI=1S/C20H21N5O6S2/c1-32(28,29)20-21-17(16-6-2-3-13-25(16)20)19(27)23-22-18(26)14-7-9-15(10-8-14)33(30,31)24-11-4-5-12-24/h2-3,6-10,13H,4-5,11-12H2,1H3,(H,22,26)(H,23,27). The fourth-order valence-electron chi connectivity index (χ4n) is 3.54. The van der Waals surface area contributed by atoms with Crippen molar-refractivity contribution in [2.75, 3.05) is 19.3 Å². The number of carbonyl (C=O) groups excluding carboxylic acids is 2. The van der Waals surface area contributed by atoms with E-state index in [1.165, 1.54) is 45.2 Å². The third-order valence-corrected chi connectivity index (χ3v) is 8.04. The number of sulfonamides is 1. The number of pyridine rings is 1. The maximum Gasteiger partial charge on any atom is 0.290 e. The Balaban J connectivity index is 1.48. The van der Waals surface area contributed by atoms with Crippen LogP contribution in [0.3, 0.4) is 0 Å². The molecule has 2 amide bonds. The summed E-state index contributed by atoms with van der Waals surface area (Å²) in [4.78, 5) is 29.0. The Bertz CT molecular complexity index is 1440. The Morgan fingerprint density at radius 1 is 0.909 bits per heavy atom. The Labute approximate surface area is 190 Å². The van der Waals surface area contributed by atoms with E-state index in [9.17, 15) is 26.4 Å². The third-order valence-electron chi connectivity index (χ3n) is 5.17. The van der Waals surface area contributed by atoms with Crippen LogP contribution in [0.25, 0.3) is 5.52 Å². The average molecular weight is 492 g/mol. The lowest BCUT2D eigenvalue weighted by molar-refractivity contribution is 0.0845. The van der Waals surface area contributed by atoms with E-state index in [4.69, 9.17) is 0 Å². The van der Waals surface area contributed by atoms with Gasteiger partial charge in [-0.15, -0.1) is 0 Å². The van der Waals surface area contributed by atoms with Crippen molar-refractivity contribution in [1.29, 1.82) is 0 Å². The van der Waals surface area contributed by atoms with Gasteiger partial charge in [0.2, 0.25) is 25.0 Å². The number of fused-ring (bicyclic) bond motifs is 1. The molecule has 33 heavy (non-hydrogen) atoms. The van der Waals surface area contributed by atoms with Crippen molar-refractivity contribution >= 4 is 37.2 Å². The van der Waals surface area contributed by atoms with E-state index in [0.29, 0.717) is 13.1 Å². The van der Waals surface area contributed by atoms with Crippen LogP contribution in [0.5, 0.6) is 0 Å². The summed E-state index contributed by atoms with van der Waals surface area (Å²) in [6.07, 6.45) is 4.08. The maximum atomic E-state index is 12.6. The summed E-state index contributed by atoms with van der Waals surface area (Å²) in [7, 11) is -7.31. The number of hydrogen-bond acceptors (Lipinski definition) is 7. The van der Waals surface area contributed by atoms with Crippen LogP contribution >= 0.6 is 0 Å². The van der Waals surface area contributed by atoms with Crippen LogP contribution in [0, 0.1) is 0 Å². The minimum Gasteiger partial charge on any atom is -0.290 e. The first-order valence-corrected chi connectivity index (χ1v) is 13.3. The number of carbonyl (C=O) groups is 2. The van der Waals surface area contributed by atoms with Crippen molar-refractivity contribution in [1.82, 2.24) is 24.5 Å². The van der Waals surface area contributed by atoms with Crippen LogP contribution in [0.1, 0.15) is 33.7 Å². The first-order valence-electron chi connectivity index (χ1n) is 9.97. The van der Waals surface area contributed by atoms with Gasteiger partial charge in [0.25, 0.3) is 11.8 Å². The number of sulfone groups is 1. The molecule has 3 heterocycles. The third kappa shape index (κ3) is 4.47. The van der Waals surface area contributed by atoms with Gasteiger partial charge in [0, 0.05) is 31.1 Å². The summed E-state index contributed by atoms with van der Waals surface area (Å²) in [5.41, 5.74) is 4.63. The van der Waals surface area contributed by atoms with E-state index in [1.807, 2.05) is 0 Å². The topological polar surface area (TPSA) is 147 Å². The van der Waals surface area contributed by atoms with Gasteiger partial charge in [-0.05, 0) is 49.2 Å². The zero-order valence-corrected chi connectivity index (χ0v) is 19.2. The van der Waals surface area contributed by atoms with Crippen LogP contribution in [0.4, 0.5) is 0 Å². The number of aromatic nitrogens is 2. The summed E-state index contributed by atoms with van der Waals surface area (Å²) < 4.78 is 51.8. The van der Waals surface area contributed by atoms with E-state index in [-0.39, 0.29) is 26.8 Å². The Kier molecular flexibility index (Phi) is 5.95. The van der Waals surface area contributed by atoms with Crippen LogP contribution in [-0.2, 0) is 19.9 Å². The molecule has 0 aliphatic carbocycles. The predicted molar refractivity (Wildman–Crippen MR) is 118 cm³/mol. The van der Waals surface area contributed by atoms with Gasteiger partial charge in [0.05, 0.1) is 10.4 Å². The molecule has 1 aromatic carbocycles. The molecular weight excluding hydrogens is 470 g/mol. The Morgan fingerprint density at radius 2 is 1.55 bits per heavy atom. The molecule has 0 bridgehead atoms. The Hall–Kier alpha value is -3.29. The van der Waals surface area contributed by atoms with Gasteiger partial charge < -0.3 is 0 Å². The van der Waals surface area contributed by atoms with Crippen molar-refractivity contribution in [3.8, 4) is 0 Å². The largest absolute Gasteiger partial charge is 0.290 e. The highest BCUT2D eigenvalue weighted by Crippen LogP contribution is 2.21. The van der Waals surface area contributed by atoms with Crippen molar-refractivity contribution < 1.29 is 26.4 Å². The predicted octanol–water partition coefficient (Wildman–Crippen LogP) is 0.597. The summed E-state index contributed by atoms with van der Waals surface area (Å²) >= 11 is 0. The van der Waals surface area contributed by atoms with Gasteiger partial charge in [-0.25, -0.2) is 21.8 Å². The van der Waals surface area contributed by atoms with Crippen molar-refractivity contribution in [3.05, 3.63) is 59.9 Å². The molecule has 1 fully saturated rings. The van der Waals surface area contributed by atoms with Gasteiger partial charge in [-0.1, -0.05) is 6.07 Å². The molecule has 2 N–H and O–H groups in total. The normalized spacial score (nSPS) is 14.9. The molecule has 0 atom stereocenters. The van der Waals surface area contributed by atoms with E-state index in [2.05, 4.69) is 15.8 Å². The molecule has 0 unspecified atom stereocenters. The molecule has 0 saturated carbocycles. The molecule has 1 aliphatic heterocycles. The van der Waals surface area contributed by atoms with E-state index in [0.717, 1.165) is 19.1 Å². The van der Waals surface area contributed by atoms with Crippen LogP contribution in [0.15, 0.2) is 58.7 Å². The second kappa shape index (κ2) is 8.57. The first-order chi connectivity index (χ1) is 15.6. The SMILES string of the molecule is CS(=O)(=O)c1nc(C(=O)NNC(=O)c2ccc(S(=O)(=O)N3CCCC3)cc2)c2ccccn12. The van der Waals surface area contributed by atoms with Gasteiger partial charge in [-0.2, -0.15) is 4.31 Å². The monoisotopic (exact) mass is 491 g/mol. The molecule has 3 aromatic rings. The molecule has 174 valence electrons.